The van der Waals surface area contributed by atoms with Crippen LogP contribution in [0.4, 0.5) is 4.39 Å². The number of alkyl halides is 2. The Morgan fingerprint density at radius 3 is 2.79 bits per heavy atom. The molecular formula is C19H20ClFN2O5. The maximum atomic E-state index is 13.5. The lowest BCUT2D eigenvalue weighted by Gasteiger charge is -2.31. The van der Waals surface area contributed by atoms with Crippen LogP contribution < -0.4 is 9.47 Å². The monoisotopic (exact) mass is 410 g/mol. The smallest absolute Gasteiger partial charge is 0.309 e. The lowest BCUT2D eigenvalue weighted by molar-refractivity contribution is -0.136. The molecule has 9 heteroatoms. The van der Waals surface area contributed by atoms with Gasteiger partial charge in [-0.15, -0.1) is 11.6 Å². The maximum absolute atomic E-state index is 13.5. The first-order valence-electron chi connectivity index (χ1n) is 8.67. The lowest BCUT2D eigenvalue weighted by atomic mass is 9.94. The van der Waals surface area contributed by atoms with Crippen LogP contribution in [0.5, 0.6) is 11.6 Å². The summed E-state index contributed by atoms with van der Waals surface area (Å²) in [4.78, 5) is 30.2. The number of methoxy groups -OCH3 is 2. The van der Waals surface area contributed by atoms with Gasteiger partial charge >= 0.3 is 5.97 Å². The SMILES string of the molecule is COc1nc(CC(=O)O)c2c(c1OC)C(=O)N(CC1=CC(Cl)C(F)C=C1)CC2. The van der Waals surface area contributed by atoms with E-state index in [-0.39, 0.29) is 41.8 Å². The van der Waals surface area contributed by atoms with Gasteiger partial charge < -0.3 is 19.5 Å². The molecule has 2 unspecified atom stereocenters. The summed E-state index contributed by atoms with van der Waals surface area (Å²) in [5.74, 6) is -1.14. The highest BCUT2D eigenvalue weighted by Gasteiger charge is 2.34. The van der Waals surface area contributed by atoms with Crippen molar-refractivity contribution in [2.24, 2.45) is 0 Å². The zero-order valence-corrected chi connectivity index (χ0v) is 16.2. The van der Waals surface area contributed by atoms with Crippen molar-refractivity contribution in [3.05, 3.63) is 40.6 Å². The number of carboxylic acids is 1. The fourth-order valence-electron chi connectivity index (χ4n) is 3.40. The van der Waals surface area contributed by atoms with E-state index >= 15 is 0 Å². The van der Waals surface area contributed by atoms with Crippen molar-refractivity contribution in [1.29, 1.82) is 0 Å². The van der Waals surface area contributed by atoms with Gasteiger partial charge in [-0.05, 0) is 23.6 Å². The second kappa shape index (κ2) is 8.18. The number of hydrogen-bond donors (Lipinski definition) is 1. The van der Waals surface area contributed by atoms with Gasteiger partial charge in [-0.1, -0.05) is 12.2 Å². The van der Waals surface area contributed by atoms with Crippen molar-refractivity contribution >= 4 is 23.5 Å². The molecule has 3 rings (SSSR count). The molecule has 1 aliphatic carbocycles. The maximum Gasteiger partial charge on any atom is 0.309 e. The van der Waals surface area contributed by atoms with Crippen molar-refractivity contribution in [3.8, 4) is 11.6 Å². The molecule has 150 valence electrons. The second-order valence-electron chi connectivity index (χ2n) is 6.49. The van der Waals surface area contributed by atoms with E-state index in [9.17, 15) is 19.1 Å². The largest absolute Gasteiger partial charge is 0.491 e. The van der Waals surface area contributed by atoms with Crippen LogP contribution in [0.3, 0.4) is 0 Å². The number of aliphatic carboxylic acids is 1. The Labute approximate surface area is 166 Å². The van der Waals surface area contributed by atoms with Gasteiger partial charge in [-0.2, -0.15) is 0 Å². The third-order valence-electron chi connectivity index (χ3n) is 4.70. The first kappa shape index (κ1) is 20.1. The number of nitrogens with zero attached hydrogens (tertiary/aromatic N) is 2. The summed E-state index contributed by atoms with van der Waals surface area (Å²) in [6, 6.07) is 0. The molecule has 2 atom stereocenters. The van der Waals surface area contributed by atoms with Crippen molar-refractivity contribution in [1.82, 2.24) is 9.88 Å². The molecule has 2 heterocycles. The number of allylic oxidation sites excluding steroid dienone is 2. The summed E-state index contributed by atoms with van der Waals surface area (Å²) >= 11 is 5.95. The fourth-order valence-corrected chi connectivity index (χ4v) is 3.64. The molecular weight excluding hydrogens is 391 g/mol. The van der Waals surface area contributed by atoms with Crippen LogP contribution in [0.2, 0.25) is 0 Å². The number of carbonyl (C=O) groups is 2. The molecule has 1 aromatic rings. The molecule has 1 amide bonds. The second-order valence-corrected chi connectivity index (χ2v) is 7.00. The van der Waals surface area contributed by atoms with Crippen LogP contribution in [0.1, 0.15) is 21.6 Å². The molecule has 1 aromatic heterocycles. The van der Waals surface area contributed by atoms with Gasteiger partial charge in [0.1, 0.15) is 6.17 Å². The highest BCUT2D eigenvalue weighted by molar-refractivity contribution is 6.22. The molecule has 28 heavy (non-hydrogen) atoms. The Kier molecular flexibility index (Phi) is 5.88. The van der Waals surface area contributed by atoms with E-state index in [2.05, 4.69) is 4.98 Å². The third-order valence-corrected chi connectivity index (χ3v) is 5.07. The summed E-state index contributed by atoms with van der Waals surface area (Å²) in [5.41, 5.74) is 1.82. The number of aromatic nitrogens is 1. The molecule has 0 saturated heterocycles. The Hall–Kier alpha value is -2.61. The van der Waals surface area contributed by atoms with Gasteiger partial charge in [0.15, 0.2) is 5.75 Å². The van der Waals surface area contributed by atoms with Crippen molar-refractivity contribution in [2.75, 3.05) is 27.3 Å². The molecule has 7 nitrogen and oxygen atoms in total. The first-order valence-corrected chi connectivity index (χ1v) is 9.11. The molecule has 0 spiro atoms. The first-order chi connectivity index (χ1) is 13.3. The topological polar surface area (TPSA) is 89.0 Å². The zero-order chi connectivity index (χ0) is 20.4. The minimum Gasteiger partial charge on any atom is -0.491 e. The van der Waals surface area contributed by atoms with Crippen molar-refractivity contribution < 1.29 is 28.6 Å². The van der Waals surface area contributed by atoms with Crippen LogP contribution in [0.15, 0.2) is 23.8 Å². The molecule has 0 fully saturated rings. The number of amides is 1. The summed E-state index contributed by atoms with van der Waals surface area (Å²) < 4.78 is 24.1. The highest BCUT2D eigenvalue weighted by Crippen LogP contribution is 2.37. The predicted octanol–water partition coefficient (Wildman–Crippen LogP) is 2.17. The fraction of sp³-hybridized carbons (Fsp3) is 0.421. The molecule has 2 aliphatic rings. The van der Waals surface area contributed by atoms with Crippen LogP contribution in [-0.2, 0) is 17.6 Å². The van der Waals surface area contributed by atoms with Gasteiger partial charge in [-0.25, -0.2) is 9.37 Å². The summed E-state index contributed by atoms with van der Waals surface area (Å²) in [5, 5.41) is 8.40. The minimum atomic E-state index is -1.25. The molecule has 1 N–H and O–H groups in total. The number of carboxylic acid groups (broad SMARTS) is 1. The van der Waals surface area contributed by atoms with E-state index in [1.54, 1.807) is 17.1 Å². The zero-order valence-electron chi connectivity index (χ0n) is 15.4. The Bertz CT molecular complexity index is 870. The van der Waals surface area contributed by atoms with Gasteiger partial charge in [0.2, 0.25) is 0 Å². The standard InChI is InChI=1S/C19H20ClFN2O5/c1-27-17-16-11(14(8-15(24)25)22-18(17)28-2)5-6-23(19(16)26)9-10-3-4-13(21)12(20)7-10/h3-4,7,12-13H,5-6,8-9H2,1-2H3,(H,24,25). The van der Waals surface area contributed by atoms with Crippen LogP contribution in [-0.4, -0.2) is 65.7 Å². The lowest BCUT2D eigenvalue weighted by Crippen LogP contribution is -2.40. The third kappa shape index (κ3) is 3.82. The number of hydrogen-bond acceptors (Lipinski definition) is 5. The highest BCUT2D eigenvalue weighted by atomic mass is 35.5. The Balaban J connectivity index is 1.97. The van der Waals surface area contributed by atoms with E-state index in [1.165, 1.54) is 20.3 Å². The van der Waals surface area contributed by atoms with Crippen molar-refractivity contribution in [2.45, 2.75) is 24.4 Å². The molecule has 1 aliphatic heterocycles. The quantitative estimate of drug-likeness (QED) is 0.723. The van der Waals surface area contributed by atoms with E-state index < -0.39 is 17.5 Å². The number of ether oxygens (including phenoxy) is 2. The van der Waals surface area contributed by atoms with Crippen LogP contribution in [0, 0.1) is 0 Å². The van der Waals surface area contributed by atoms with Gasteiger partial charge in [0, 0.05) is 13.1 Å². The molecule has 0 radical (unpaired) electrons. The van der Waals surface area contributed by atoms with Crippen LogP contribution in [0.25, 0.3) is 0 Å². The number of pyridine rings is 1. The van der Waals surface area contributed by atoms with Crippen LogP contribution >= 0.6 is 11.6 Å². The molecule has 0 saturated carbocycles. The average molecular weight is 411 g/mol. The van der Waals surface area contributed by atoms with E-state index in [0.29, 0.717) is 18.5 Å². The minimum absolute atomic E-state index is 0.0607. The molecule has 0 bridgehead atoms. The number of carbonyl (C=O) groups excluding carboxylic acids is 1. The van der Waals surface area contributed by atoms with Gasteiger partial charge in [0.05, 0.1) is 37.3 Å². The molecule has 0 aromatic carbocycles. The van der Waals surface area contributed by atoms with Gasteiger partial charge in [0.25, 0.3) is 11.8 Å². The number of halogens is 2. The number of fused-ring (bicyclic) bond motifs is 1. The average Bonchev–Trinajstić information content (AvgIpc) is 2.66. The summed E-state index contributed by atoms with van der Waals surface area (Å²) in [6.07, 6.45) is 3.42. The predicted molar refractivity (Wildman–Crippen MR) is 100 cm³/mol. The van der Waals surface area contributed by atoms with Crippen molar-refractivity contribution in [3.63, 3.8) is 0 Å². The normalized spacial score (nSPS) is 21.2. The van der Waals surface area contributed by atoms with E-state index in [1.807, 2.05) is 0 Å². The van der Waals surface area contributed by atoms with E-state index in [4.69, 9.17) is 21.1 Å². The Morgan fingerprint density at radius 2 is 2.18 bits per heavy atom. The van der Waals surface area contributed by atoms with Gasteiger partial charge in [-0.3, -0.25) is 9.59 Å². The summed E-state index contributed by atoms with van der Waals surface area (Å²) in [6.45, 7) is 0.625. The Morgan fingerprint density at radius 1 is 1.43 bits per heavy atom. The number of rotatable bonds is 6. The summed E-state index contributed by atoms with van der Waals surface area (Å²) in [7, 11) is 2.77. The van der Waals surface area contributed by atoms with E-state index in [0.717, 1.165) is 5.57 Å².